The van der Waals surface area contributed by atoms with Crippen molar-refractivity contribution in [2.24, 2.45) is 11.8 Å². The molecule has 0 bridgehead atoms. The lowest BCUT2D eigenvalue weighted by Gasteiger charge is -2.37. The molecule has 0 radical (unpaired) electrons. The number of piperidine rings is 1. The summed E-state index contributed by atoms with van der Waals surface area (Å²) in [7, 11) is 0. The zero-order chi connectivity index (χ0) is 23.8. The van der Waals surface area contributed by atoms with Gasteiger partial charge in [0.1, 0.15) is 5.69 Å². The zero-order valence-corrected chi connectivity index (χ0v) is 21.7. The van der Waals surface area contributed by atoms with Crippen molar-refractivity contribution in [1.29, 1.82) is 0 Å². The number of rotatable bonds is 10. The molecule has 188 valence electrons. The fourth-order valence-corrected chi connectivity index (χ4v) is 4.64. The van der Waals surface area contributed by atoms with Crippen molar-refractivity contribution in [2.45, 2.75) is 59.4 Å². The van der Waals surface area contributed by atoms with Crippen molar-refractivity contribution in [2.75, 3.05) is 31.5 Å². The molecule has 2 heterocycles. The number of H-pyrrole nitrogens is 1. The summed E-state index contributed by atoms with van der Waals surface area (Å²) in [6.07, 6.45) is 7.24. The number of halogens is 1. The van der Waals surface area contributed by atoms with Crippen LogP contribution in [0.25, 0.3) is 0 Å². The fraction of sp³-hybridized carbons (Fsp3) is 0.577. The Morgan fingerprint density at radius 3 is 2.59 bits per heavy atom. The van der Waals surface area contributed by atoms with Gasteiger partial charge >= 0.3 is 0 Å². The van der Waals surface area contributed by atoms with Gasteiger partial charge in [0.25, 0.3) is 5.91 Å². The highest BCUT2D eigenvalue weighted by Crippen LogP contribution is 2.22. The molecule has 1 aromatic heterocycles. The first-order valence-corrected chi connectivity index (χ1v) is 12.3. The molecule has 0 unspecified atom stereocenters. The summed E-state index contributed by atoms with van der Waals surface area (Å²) < 4.78 is 0. The molecule has 1 aliphatic heterocycles. The van der Waals surface area contributed by atoms with Crippen LogP contribution in [-0.4, -0.2) is 63.8 Å². The summed E-state index contributed by atoms with van der Waals surface area (Å²) in [5, 5.41) is 2.94. The van der Waals surface area contributed by atoms with E-state index in [0.29, 0.717) is 17.7 Å². The molecule has 2 amide bonds. The van der Waals surface area contributed by atoms with Gasteiger partial charge in [-0.05, 0) is 62.8 Å². The van der Waals surface area contributed by atoms with E-state index in [-0.39, 0.29) is 30.1 Å². The number of hydrogen-bond donors (Lipinski definition) is 2. The van der Waals surface area contributed by atoms with Crippen molar-refractivity contribution in [3.63, 3.8) is 0 Å². The van der Waals surface area contributed by atoms with Gasteiger partial charge in [-0.2, -0.15) is 0 Å². The van der Waals surface area contributed by atoms with Gasteiger partial charge < -0.3 is 20.1 Å². The van der Waals surface area contributed by atoms with Crippen LogP contribution in [0.4, 0.5) is 5.69 Å². The Morgan fingerprint density at radius 2 is 1.97 bits per heavy atom. The second kappa shape index (κ2) is 13.5. The molecule has 1 aliphatic rings. The number of aromatic amines is 1. The van der Waals surface area contributed by atoms with E-state index in [2.05, 4.69) is 46.2 Å². The lowest BCUT2D eigenvalue weighted by molar-refractivity contribution is -0.135. The molecular formula is C26H40ClN5O2. The van der Waals surface area contributed by atoms with E-state index in [9.17, 15) is 9.59 Å². The number of anilines is 1. The largest absolute Gasteiger partial charge is 0.342 e. The van der Waals surface area contributed by atoms with Crippen LogP contribution in [0.2, 0.25) is 0 Å². The lowest BCUT2D eigenvalue weighted by Crippen LogP contribution is -2.45. The van der Waals surface area contributed by atoms with Crippen LogP contribution in [0, 0.1) is 11.8 Å². The third-order valence-corrected chi connectivity index (χ3v) is 6.51. The maximum Gasteiger partial charge on any atom is 0.273 e. The SMILES string of the molecule is CCCN(CC1CCN(C(=O)C(C)C)CC1)[C@H](C)Cc1cccc(NC(=O)c2cnc[nH]2)c1.Cl. The summed E-state index contributed by atoms with van der Waals surface area (Å²) in [6, 6.07) is 8.50. The van der Waals surface area contributed by atoms with E-state index in [1.807, 2.05) is 30.9 Å². The smallest absolute Gasteiger partial charge is 0.273 e. The van der Waals surface area contributed by atoms with E-state index >= 15 is 0 Å². The van der Waals surface area contributed by atoms with Crippen molar-refractivity contribution in [3.8, 4) is 0 Å². The maximum absolute atomic E-state index is 12.3. The zero-order valence-electron chi connectivity index (χ0n) is 20.9. The molecule has 0 saturated carbocycles. The van der Waals surface area contributed by atoms with Gasteiger partial charge in [0.2, 0.25) is 5.91 Å². The third kappa shape index (κ3) is 7.84. The van der Waals surface area contributed by atoms with Gasteiger partial charge in [0, 0.05) is 37.3 Å². The van der Waals surface area contributed by atoms with Gasteiger partial charge in [-0.15, -0.1) is 12.4 Å². The highest BCUT2D eigenvalue weighted by Gasteiger charge is 2.26. The Morgan fingerprint density at radius 1 is 1.24 bits per heavy atom. The van der Waals surface area contributed by atoms with Crippen LogP contribution in [0.1, 0.15) is 63.0 Å². The number of carbonyl (C=O) groups excluding carboxylic acids is 2. The topological polar surface area (TPSA) is 81.3 Å². The van der Waals surface area contributed by atoms with Gasteiger partial charge in [-0.1, -0.05) is 32.9 Å². The van der Waals surface area contributed by atoms with Crippen LogP contribution in [-0.2, 0) is 11.2 Å². The van der Waals surface area contributed by atoms with E-state index in [0.717, 1.165) is 57.5 Å². The quantitative estimate of drug-likeness (QED) is 0.510. The third-order valence-electron chi connectivity index (χ3n) is 6.51. The van der Waals surface area contributed by atoms with Gasteiger partial charge in [-0.3, -0.25) is 9.59 Å². The lowest BCUT2D eigenvalue weighted by atomic mass is 9.94. The predicted octanol–water partition coefficient (Wildman–Crippen LogP) is 4.62. The number of carbonyl (C=O) groups is 2. The molecule has 7 nitrogen and oxygen atoms in total. The van der Waals surface area contributed by atoms with Crippen molar-refractivity contribution >= 4 is 29.9 Å². The van der Waals surface area contributed by atoms with E-state index in [1.165, 1.54) is 18.1 Å². The molecule has 0 aliphatic carbocycles. The molecule has 1 saturated heterocycles. The molecule has 1 aromatic carbocycles. The minimum Gasteiger partial charge on any atom is -0.342 e. The van der Waals surface area contributed by atoms with Gasteiger partial charge in [0.15, 0.2) is 0 Å². The van der Waals surface area contributed by atoms with Crippen molar-refractivity contribution in [3.05, 3.63) is 48.0 Å². The fourth-order valence-electron chi connectivity index (χ4n) is 4.64. The summed E-state index contributed by atoms with van der Waals surface area (Å²) in [6.45, 7) is 12.4. The number of aromatic nitrogens is 2. The average Bonchev–Trinajstić information content (AvgIpc) is 3.34. The molecule has 1 atom stereocenters. The average molecular weight is 490 g/mol. The van der Waals surface area contributed by atoms with Crippen LogP contribution >= 0.6 is 12.4 Å². The number of nitrogens with one attached hydrogen (secondary N) is 2. The number of benzene rings is 1. The first-order valence-electron chi connectivity index (χ1n) is 12.3. The van der Waals surface area contributed by atoms with Crippen molar-refractivity contribution < 1.29 is 9.59 Å². The normalized spacial score (nSPS) is 15.3. The minimum atomic E-state index is -0.187. The first-order chi connectivity index (χ1) is 15.9. The van der Waals surface area contributed by atoms with Gasteiger partial charge in [0.05, 0.1) is 12.5 Å². The number of nitrogens with zero attached hydrogens (tertiary/aromatic N) is 3. The Hall–Kier alpha value is -2.38. The highest BCUT2D eigenvalue weighted by molar-refractivity contribution is 6.02. The van der Waals surface area contributed by atoms with Crippen LogP contribution in [0.3, 0.4) is 0 Å². The van der Waals surface area contributed by atoms with E-state index in [4.69, 9.17) is 0 Å². The standard InChI is InChI=1S/C26H39N5O2.ClH/c1-5-11-31(17-21-9-12-30(13-10-21)26(33)19(2)3)20(4)14-22-7-6-8-23(15-22)29-25(32)24-16-27-18-28-24;/h6-8,15-16,18-21H,5,9-14,17H2,1-4H3,(H,27,28)(H,29,32);1H/t20-;/m1./s1. The van der Waals surface area contributed by atoms with Crippen molar-refractivity contribution in [1.82, 2.24) is 19.8 Å². The molecule has 3 rings (SSSR count). The Bertz CT molecular complexity index is 894. The van der Waals surface area contributed by atoms with Crippen LogP contribution in [0.15, 0.2) is 36.8 Å². The second-order valence-corrected chi connectivity index (χ2v) is 9.59. The van der Waals surface area contributed by atoms with Gasteiger partial charge in [-0.25, -0.2) is 4.98 Å². The minimum absolute atomic E-state index is 0. The Labute approximate surface area is 210 Å². The molecule has 1 fully saturated rings. The molecule has 0 spiro atoms. The molecular weight excluding hydrogens is 450 g/mol. The van der Waals surface area contributed by atoms with Crippen LogP contribution in [0.5, 0.6) is 0 Å². The summed E-state index contributed by atoms with van der Waals surface area (Å²) in [5.74, 6) is 0.813. The molecule has 8 heteroatoms. The maximum atomic E-state index is 12.3. The highest BCUT2D eigenvalue weighted by atomic mass is 35.5. The molecule has 2 N–H and O–H groups in total. The summed E-state index contributed by atoms with van der Waals surface area (Å²) >= 11 is 0. The van der Waals surface area contributed by atoms with Crippen LogP contribution < -0.4 is 5.32 Å². The monoisotopic (exact) mass is 489 g/mol. The predicted molar refractivity (Wildman–Crippen MR) is 139 cm³/mol. The summed E-state index contributed by atoms with van der Waals surface area (Å²) in [5.41, 5.74) is 2.45. The number of amides is 2. The Kier molecular flexibility index (Phi) is 11.1. The second-order valence-electron chi connectivity index (χ2n) is 9.59. The number of hydrogen-bond acceptors (Lipinski definition) is 4. The Balaban J connectivity index is 0.00000408. The first kappa shape index (κ1) is 27.9. The number of likely N-dealkylation sites (tertiary alicyclic amines) is 1. The van der Waals surface area contributed by atoms with E-state index < -0.39 is 0 Å². The molecule has 34 heavy (non-hydrogen) atoms. The summed E-state index contributed by atoms with van der Waals surface area (Å²) in [4.78, 5) is 36.0. The molecule has 2 aromatic rings. The number of imidazole rings is 1. The van der Waals surface area contributed by atoms with E-state index in [1.54, 1.807) is 0 Å².